The molecule has 0 heterocycles. The van der Waals surface area contributed by atoms with E-state index in [0.29, 0.717) is 19.8 Å². The van der Waals surface area contributed by atoms with E-state index in [1.54, 1.807) is 14.0 Å². The maximum Gasteiger partial charge on any atom is 0.185 e. The van der Waals surface area contributed by atoms with E-state index in [1.165, 1.54) is 11.8 Å². The lowest BCUT2D eigenvalue weighted by atomic mass is 10.5. The lowest BCUT2D eigenvalue weighted by Crippen LogP contribution is -2.03. The summed E-state index contributed by atoms with van der Waals surface area (Å²) < 4.78 is 10.0. The third-order valence-electron chi connectivity index (χ3n) is 1.17. The van der Waals surface area contributed by atoms with Crippen LogP contribution in [0.2, 0.25) is 0 Å². The molecule has 72 valence electrons. The number of hydrogen-bond acceptors (Lipinski definition) is 4. The number of hydrogen-bond donors (Lipinski definition) is 0. The molecule has 0 aromatic rings. The molecule has 0 amide bonds. The fraction of sp³-hybridized carbons (Fsp3) is 0.875. The molecule has 0 N–H and O–H groups in total. The van der Waals surface area contributed by atoms with E-state index in [9.17, 15) is 4.79 Å². The highest BCUT2D eigenvalue weighted by Gasteiger charge is 1.93. The number of carbonyl (C=O) groups is 1. The topological polar surface area (TPSA) is 35.5 Å². The van der Waals surface area contributed by atoms with Crippen LogP contribution in [0.5, 0.6) is 0 Å². The zero-order valence-corrected chi connectivity index (χ0v) is 8.49. The van der Waals surface area contributed by atoms with E-state index in [1.807, 2.05) is 0 Å². The minimum absolute atomic E-state index is 0.173. The van der Waals surface area contributed by atoms with Crippen LogP contribution in [0.1, 0.15) is 13.3 Å². The van der Waals surface area contributed by atoms with Crippen molar-refractivity contribution in [3.05, 3.63) is 0 Å². The molecule has 4 heteroatoms. The van der Waals surface area contributed by atoms with Gasteiger partial charge in [0.2, 0.25) is 0 Å². The fourth-order valence-corrected chi connectivity index (χ4v) is 1.17. The quantitative estimate of drug-likeness (QED) is 0.570. The molecule has 3 nitrogen and oxygen atoms in total. The summed E-state index contributed by atoms with van der Waals surface area (Å²) >= 11 is 1.34. The largest absolute Gasteiger partial charge is 0.382 e. The van der Waals surface area contributed by atoms with Gasteiger partial charge >= 0.3 is 0 Å². The summed E-state index contributed by atoms with van der Waals surface area (Å²) in [5, 5.41) is 0.173. The Kier molecular flexibility index (Phi) is 8.99. The Morgan fingerprint density at radius 1 is 1.33 bits per heavy atom. The van der Waals surface area contributed by atoms with Crippen LogP contribution < -0.4 is 0 Å². The Balaban J connectivity index is 2.86. The first kappa shape index (κ1) is 11.9. The van der Waals surface area contributed by atoms with Crippen LogP contribution in [0, 0.1) is 0 Å². The summed E-state index contributed by atoms with van der Waals surface area (Å²) in [5.41, 5.74) is 0. The molecular formula is C8H16O3S. The standard InChI is InChI=1S/C8H16O3S/c1-8(9)12-7-3-4-11-6-5-10-2/h3-7H2,1-2H3. The van der Waals surface area contributed by atoms with Crippen molar-refractivity contribution in [2.24, 2.45) is 0 Å². The van der Waals surface area contributed by atoms with E-state index < -0.39 is 0 Å². The van der Waals surface area contributed by atoms with Crippen LogP contribution in [0.15, 0.2) is 0 Å². The molecule has 0 spiro atoms. The second-order valence-corrected chi connectivity index (χ2v) is 3.57. The van der Waals surface area contributed by atoms with Gasteiger partial charge in [0.15, 0.2) is 5.12 Å². The minimum Gasteiger partial charge on any atom is -0.382 e. The van der Waals surface area contributed by atoms with Crippen LogP contribution in [0.4, 0.5) is 0 Å². The van der Waals surface area contributed by atoms with Gasteiger partial charge in [0, 0.05) is 26.4 Å². The Labute approximate surface area is 77.8 Å². The highest BCUT2D eigenvalue weighted by molar-refractivity contribution is 8.13. The van der Waals surface area contributed by atoms with Crippen molar-refractivity contribution < 1.29 is 14.3 Å². The molecule has 0 atom stereocenters. The third-order valence-corrected chi connectivity index (χ3v) is 2.07. The average molecular weight is 192 g/mol. The van der Waals surface area contributed by atoms with Gasteiger partial charge < -0.3 is 9.47 Å². The van der Waals surface area contributed by atoms with Gasteiger partial charge in [0.25, 0.3) is 0 Å². The van der Waals surface area contributed by atoms with Gasteiger partial charge in [-0.1, -0.05) is 11.8 Å². The van der Waals surface area contributed by atoms with Crippen molar-refractivity contribution in [2.45, 2.75) is 13.3 Å². The Morgan fingerprint density at radius 2 is 2.08 bits per heavy atom. The van der Waals surface area contributed by atoms with Gasteiger partial charge in [-0.2, -0.15) is 0 Å². The summed E-state index contributed by atoms with van der Waals surface area (Å²) in [5.74, 6) is 0.850. The molecule has 0 radical (unpaired) electrons. The summed E-state index contributed by atoms with van der Waals surface area (Å²) in [7, 11) is 1.65. The summed E-state index contributed by atoms with van der Waals surface area (Å²) in [6, 6.07) is 0. The third kappa shape index (κ3) is 9.94. The lowest BCUT2D eigenvalue weighted by molar-refractivity contribution is -0.109. The molecule has 0 bridgehead atoms. The van der Waals surface area contributed by atoms with Gasteiger partial charge in [-0.15, -0.1) is 0 Å². The van der Waals surface area contributed by atoms with Crippen LogP contribution in [0.25, 0.3) is 0 Å². The van der Waals surface area contributed by atoms with Gasteiger partial charge in [0.1, 0.15) is 0 Å². The van der Waals surface area contributed by atoms with Gasteiger partial charge in [-0.05, 0) is 6.42 Å². The number of methoxy groups -OCH3 is 1. The Hall–Kier alpha value is -0.0600. The second kappa shape index (κ2) is 9.03. The normalized spacial score (nSPS) is 10.2. The second-order valence-electron chi connectivity index (χ2n) is 2.30. The summed E-state index contributed by atoms with van der Waals surface area (Å²) in [6.07, 6.45) is 0.925. The SMILES string of the molecule is COCCOCCCSC(C)=O. The first-order valence-electron chi connectivity index (χ1n) is 3.97. The predicted octanol–water partition coefficient (Wildman–Crippen LogP) is 1.32. The van der Waals surface area contributed by atoms with Crippen molar-refractivity contribution in [3.63, 3.8) is 0 Å². The molecule has 0 aliphatic rings. The molecule has 0 saturated carbocycles. The monoisotopic (exact) mass is 192 g/mol. The van der Waals surface area contributed by atoms with E-state index in [0.717, 1.165) is 12.2 Å². The summed E-state index contributed by atoms with van der Waals surface area (Å²) in [4.78, 5) is 10.5. The molecule has 0 rings (SSSR count). The van der Waals surface area contributed by atoms with Crippen molar-refractivity contribution >= 4 is 16.9 Å². The van der Waals surface area contributed by atoms with E-state index in [-0.39, 0.29) is 5.12 Å². The predicted molar refractivity (Wildman–Crippen MR) is 50.5 cm³/mol. The maximum absolute atomic E-state index is 10.5. The maximum atomic E-state index is 10.5. The van der Waals surface area contributed by atoms with Crippen molar-refractivity contribution in [1.82, 2.24) is 0 Å². The smallest absolute Gasteiger partial charge is 0.185 e. The number of thioether (sulfide) groups is 1. The van der Waals surface area contributed by atoms with Crippen LogP contribution >= 0.6 is 11.8 Å². The van der Waals surface area contributed by atoms with Crippen LogP contribution in [-0.4, -0.2) is 37.8 Å². The molecule has 0 aliphatic heterocycles. The molecule has 12 heavy (non-hydrogen) atoms. The molecule has 0 aromatic heterocycles. The average Bonchev–Trinajstić information content (AvgIpc) is 2.02. The van der Waals surface area contributed by atoms with Gasteiger partial charge in [-0.25, -0.2) is 0 Å². The zero-order valence-electron chi connectivity index (χ0n) is 7.67. The first-order chi connectivity index (χ1) is 5.77. The molecule has 0 saturated heterocycles. The van der Waals surface area contributed by atoms with Gasteiger partial charge in [0.05, 0.1) is 13.2 Å². The molecule has 0 aromatic carbocycles. The number of ether oxygens (including phenoxy) is 2. The lowest BCUT2D eigenvalue weighted by Gasteiger charge is -2.01. The molecule has 0 unspecified atom stereocenters. The van der Waals surface area contributed by atoms with E-state index in [4.69, 9.17) is 9.47 Å². The van der Waals surface area contributed by atoms with Crippen molar-refractivity contribution in [3.8, 4) is 0 Å². The Bertz CT molecular complexity index is 117. The first-order valence-corrected chi connectivity index (χ1v) is 4.96. The molecular weight excluding hydrogens is 176 g/mol. The van der Waals surface area contributed by atoms with Gasteiger partial charge in [-0.3, -0.25) is 4.79 Å². The Morgan fingerprint density at radius 3 is 2.67 bits per heavy atom. The number of carbonyl (C=O) groups excluding carboxylic acids is 1. The summed E-state index contributed by atoms with van der Waals surface area (Å²) in [6.45, 7) is 3.57. The fourth-order valence-electron chi connectivity index (χ4n) is 0.621. The van der Waals surface area contributed by atoms with E-state index >= 15 is 0 Å². The van der Waals surface area contributed by atoms with E-state index in [2.05, 4.69) is 0 Å². The van der Waals surface area contributed by atoms with Crippen LogP contribution in [-0.2, 0) is 14.3 Å². The van der Waals surface area contributed by atoms with Crippen molar-refractivity contribution in [2.75, 3.05) is 32.7 Å². The minimum atomic E-state index is 0.173. The molecule has 0 fully saturated rings. The highest BCUT2D eigenvalue weighted by Crippen LogP contribution is 2.02. The zero-order chi connectivity index (χ0) is 9.23. The molecule has 0 aliphatic carbocycles. The van der Waals surface area contributed by atoms with Crippen LogP contribution in [0.3, 0.4) is 0 Å². The highest BCUT2D eigenvalue weighted by atomic mass is 32.2. The number of rotatable bonds is 7. The van der Waals surface area contributed by atoms with Crippen molar-refractivity contribution in [1.29, 1.82) is 0 Å².